The highest BCUT2D eigenvalue weighted by molar-refractivity contribution is 5.92. The summed E-state index contributed by atoms with van der Waals surface area (Å²) < 4.78 is 20.1. The van der Waals surface area contributed by atoms with Crippen LogP contribution in [0.25, 0.3) is 11.4 Å². The minimum atomic E-state index is -0.505. The van der Waals surface area contributed by atoms with Crippen LogP contribution in [0.5, 0.6) is 0 Å². The minimum Gasteiger partial charge on any atom is -0.339 e. The number of aromatic nitrogens is 4. The fourth-order valence-electron chi connectivity index (χ4n) is 2.47. The second-order valence-electron chi connectivity index (χ2n) is 6.39. The van der Waals surface area contributed by atoms with Crippen LogP contribution in [0.15, 0.2) is 34.9 Å². The number of hydrogen-bond donors (Lipinski definition) is 1. The van der Waals surface area contributed by atoms with Crippen LogP contribution in [0, 0.1) is 5.82 Å². The molecule has 3 aromatic rings. The van der Waals surface area contributed by atoms with Crippen molar-refractivity contribution in [1.29, 1.82) is 0 Å². The van der Waals surface area contributed by atoms with Crippen molar-refractivity contribution in [2.24, 2.45) is 7.05 Å². The molecule has 0 saturated heterocycles. The lowest BCUT2D eigenvalue weighted by atomic mass is 10.1. The molecule has 26 heavy (non-hydrogen) atoms. The summed E-state index contributed by atoms with van der Waals surface area (Å²) in [6.45, 7) is 5.76. The number of nitrogens with one attached hydrogen (secondary N) is 1. The number of hydrogen-bond acceptors (Lipinski definition) is 5. The predicted molar refractivity (Wildman–Crippen MR) is 92.9 cm³/mol. The zero-order valence-corrected chi connectivity index (χ0v) is 15.0. The number of carbonyl (C=O) groups excluding carboxylic acids is 1. The number of rotatable bonds is 5. The van der Waals surface area contributed by atoms with Crippen molar-refractivity contribution in [3.63, 3.8) is 0 Å². The Morgan fingerprint density at radius 1 is 1.27 bits per heavy atom. The summed E-state index contributed by atoms with van der Waals surface area (Å²) in [5.74, 6) is 0.0642. The highest BCUT2D eigenvalue weighted by Gasteiger charge is 2.21. The molecule has 2 heterocycles. The number of benzene rings is 1. The Morgan fingerprint density at radius 3 is 2.69 bits per heavy atom. The Hall–Kier alpha value is -3.03. The van der Waals surface area contributed by atoms with Crippen LogP contribution in [-0.2, 0) is 7.05 Å². The highest BCUT2D eigenvalue weighted by atomic mass is 19.1. The molecule has 0 aliphatic rings. The summed E-state index contributed by atoms with van der Waals surface area (Å²) in [6.07, 6.45) is 0. The first-order valence-corrected chi connectivity index (χ1v) is 8.29. The number of amides is 1. The normalized spacial score (nSPS) is 12.4. The second kappa shape index (κ2) is 7.07. The SMILES string of the molecule is CC(C)c1cc(C(=O)N[C@@H](C)c2nc(-c3cccc(F)c3)no2)n(C)n1. The van der Waals surface area contributed by atoms with E-state index < -0.39 is 6.04 Å². The van der Waals surface area contributed by atoms with E-state index in [9.17, 15) is 9.18 Å². The largest absolute Gasteiger partial charge is 0.339 e. The van der Waals surface area contributed by atoms with Crippen LogP contribution >= 0.6 is 0 Å². The molecule has 0 aliphatic heterocycles. The maximum Gasteiger partial charge on any atom is 0.270 e. The van der Waals surface area contributed by atoms with Gasteiger partial charge in [-0.05, 0) is 31.0 Å². The number of aryl methyl sites for hydroxylation is 1. The van der Waals surface area contributed by atoms with Gasteiger partial charge in [0.25, 0.3) is 5.91 Å². The summed E-state index contributed by atoms with van der Waals surface area (Å²) in [5.41, 5.74) is 1.80. The quantitative estimate of drug-likeness (QED) is 0.758. The van der Waals surface area contributed by atoms with Gasteiger partial charge in [0.1, 0.15) is 17.6 Å². The lowest BCUT2D eigenvalue weighted by Crippen LogP contribution is -2.28. The van der Waals surface area contributed by atoms with Gasteiger partial charge < -0.3 is 9.84 Å². The van der Waals surface area contributed by atoms with E-state index in [2.05, 4.69) is 20.6 Å². The van der Waals surface area contributed by atoms with Crippen LogP contribution in [0.4, 0.5) is 4.39 Å². The van der Waals surface area contributed by atoms with Gasteiger partial charge in [0.15, 0.2) is 0 Å². The number of nitrogens with zero attached hydrogens (tertiary/aromatic N) is 4. The fourth-order valence-corrected chi connectivity index (χ4v) is 2.47. The maximum absolute atomic E-state index is 13.3. The lowest BCUT2D eigenvalue weighted by molar-refractivity contribution is 0.0923. The molecule has 8 heteroatoms. The molecular weight excluding hydrogens is 337 g/mol. The van der Waals surface area contributed by atoms with E-state index in [-0.39, 0.29) is 29.4 Å². The van der Waals surface area contributed by atoms with Gasteiger partial charge in [0, 0.05) is 12.6 Å². The zero-order chi connectivity index (χ0) is 18.8. The molecule has 136 valence electrons. The summed E-state index contributed by atoms with van der Waals surface area (Å²) in [4.78, 5) is 16.7. The monoisotopic (exact) mass is 357 g/mol. The van der Waals surface area contributed by atoms with Gasteiger partial charge in [0.2, 0.25) is 11.7 Å². The average molecular weight is 357 g/mol. The van der Waals surface area contributed by atoms with E-state index in [0.717, 1.165) is 5.69 Å². The lowest BCUT2D eigenvalue weighted by Gasteiger charge is -2.09. The molecule has 0 aliphatic carbocycles. The van der Waals surface area contributed by atoms with Crippen LogP contribution in [0.1, 0.15) is 54.8 Å². The van der Waals surface area contributed by atoms with Crippen molar-refractivity contribution in [2.75, 3.05) is 0 Å². The Kier molecular flexibility index (Phi) is 4.83. The molecule has 0 radical (unpaired) electrons. The van der Waals surface area contributed by atoms with Crippen molar-refractivity contribution in [3.05, 3.63) is 53.4 Å². The molecule has 1 atom stereocenters. The van der Waals surface area contributed by atoms with E-state index in [1.165, 1.54) is 12.1 Å². The first kappa shape index (κ1) is 17.8. The van der Waals surface area contributed by atoms with Gasteiger partial charge in [-0.15, -0.1) is 0 Å². The first-order chi connectivity index (χ1) is 12.3. The third-order valence-electron chi connectivity index (χ3n) is 3.97. The van der Waals surface area contributed by atoms with Crippen molar-refractivity contribution in [3.8, 4) is 11.4 Å². The topological polar surface area (TPSA) is 85.8 Å². The standard InChI is InChI=1S/C18H20FN5O2/c1-10(2)14-9-15(24(4)22-14)17(25)20-11(3)18-21-16(23-26-18)12-6-5-7-13(19)8-12/h5-11H,1-4H3,(H,20,25)/t11-/m0/s1. The van der Waals surface area contributed by atoms with Gasteiger partial charge in [-0.3, -0.25) is 9.48 Å². The molecule has 0 saturated carbocycles. The summed E-state index contributed by atoms with van der Waals surface area (Å²) in [5, 5.41) is 11.0. The van der Waals surface area contributed by atoms with Crippen LogP contribution < -0.4 is 5.32 Å². The van der Waals surface area contributed by atoms with Gasteiger partial charge in [-0.2, -0.15) is 10.1 Å². The average Bonchev–Trinajstić information content (AvgIpc) is 3.21. The second-order valence-corrected chi connectivity index (χ2v) is 6.39. The molecule has 2 aromatic heterocycles. The van der Waals surface area contributed by atoms with E-state index >= 15 is 0 Å². The molecule has 0 bridgehead atoms. The molecule has 1 N–H and O–H groups in total. The van der Waals surface area contributed by atoms with E-state index in [1.807, 2.05) is 13.8 Å². The van der Waals surface area contributed by atoms with Crippen LogP contribution in [-0.4, -0.2) is 25.8 Å². The smallest absolute Gasteiger partial charge is 0.270 e. The Balaban J connectivity index is 1.74. The van der Waals surface area contributed by atoms with E-state index in [1.54, 1.807) is 36.9 Å². The van der Waals surface area contributed by atoms with E-state index in [4.69, 9.17) is 4.52 Å². The Labute approximate surface area is 150 Å². The van der Waals surface area contributed by atoms with Crippen molar-refractivity contribution in [2.45, 2.75) is 32.7 Å². The van der Waals surface area contributed by atoms with Gasteiger partial charge in [-0.1, -0.05) is 31.1 Å². The number of halogens is 1. The molecule has 1 aromatic carbocycles. The van der Waals surface area contributed by atoms with Gasteiger partial charge >= 0.3 is 0 Å². The summed E-state index contributed by atoms with van der Waals surface area (Å²) in [7, 11) is 1.72. The predicted octanol–water partition coefficient (Wildman–Crippen LogP) is 3.22. The van der Waals surface area contributed by atoms with Crippen molar-refractivity contribution < 1.29 is 13.7 Å². The highest BCUT2D eigenvalue weighted by Crippen LogP contribution is 2.20. The molecular formula is C18H20FN5O2. The summed E-state index contributed by atoms with van der Waals surface area (Å²) >= 11 is 0. The molecule has 7 nitrogen and oxygen atoms in total. The molecule has 3 rings (SSSR count). The molecule has 0 spiro atoms. The maximum atomic E-state index is 13.3. The van der Waals surface area contributed by atoms with Gasteiger partial charge in [-0.25, -0.2) is 4.39 Å². The minimum absolute atomic E-state index is 0.227. The molecule has 1 amide bonds. The van der Waals surface area contributed by atoms with Gasteiger partial charge in [0.05, 0.1) is 5.69 Å². The summed E-state index contributed by atoms with van der Waals surface area (Å²) in [6, 6.07) is 7.17. The molecule has 0 fully saturated rings. The van der Waals surface area contributed by atoms with Crippen molar-refractivity contribution >= 4 is 5.91 Å². The van der Waals surface area contributed by atoms with Crippen molar-refractivity contribution in [1.82, 2.24) is 25.2 Å². The third kappa shape index (κ3) is 3.63. The van der Waals surface area contributed by atoms with E-state index in [0.29, 0.717) is 11.3 Å². The Bertz CT molecular complexity index is 931. The van der Waals surface area contributed by atoms with Crippen LogP contribution in [0.2, 0.25) is 0 Å². The van der Waals surface area contributed by atoms with Crippen LogP contribution in [0.3, 0.4) is 0 Å². The molecule has 0 unspecified atom stereocenters. The fraction of sp³-hybridized carbons (Fsp3) is 0.333. The Morgan fingerprint density at radius 2 is 2.04 bits per heavy atom. The zero-order valence-electron chi connectivity index (χ0n) is 15.0. The third-order valence-corrected chi connectivity index (χ3v) is 3.97. The number of carbonyl (C=O) groups is 1. The first-order valence-electron chi connectivity index (χ1n) is 8.29.